The maximum Gasteiger partial charge on any atom is 0.513 e. The van der Waals surface area contributed by atoms with Crippen molar-refractivity contribution in [2.24, 2.45) is 11.8 Å². The lowest BCUT2D eigenvalue weighted by Crippen LogP contribution is -2.62. The number of nitrogens with zero attached hydrogens (tertiary/aromatic N) is 3. The van der Waals surface area contributed by atoms with Crippen molar-refractivity contribution in [2.45, 2.75) is 48.6 Å². The third-order valence-corrected chi connectivity index (χ3v) is 15.3. The molecule has 270 valence electrons. The Morgan fingerprint density at radius 1 is 1.10 bits per heavy atom. The lowest BCUT2D eigenvalue weighted by molar-refractivity contribution is -0.394. The van der Waals surface area contributed by atoms with Gasteiger partial charge in [0.25, 0.3) is 11.4 Å². The molecule has 17 heteroatoms. The number of methoxy groups -OCH3 is 1. The van der Waals surface area contributed by atoms with E-state index in [0.717, 1.165) is 47.9 Å². The number of rotatable bonds is 15. The predicted octanol–water partition coefficient (Wildman–Crippen LogP) is 6.09. The van der Waals surface area contributed by atoms with E-state index in [0.29, 0.717) is 25.3 Å². The van der Waals surface area contributed by atoms with Gasteiger partial charge in [0.1, 0.15) is 11.9 Å². The molecule has 1 amide bonds. The van der Waals surface area contributed by atoms with Crippen LogP contribution in [0.15, 0.2) is 55.1 Å². The number of nitrogens with one attached hydrogen (secondary N) is 2. The average molecular weight is 730 g/mol. The predicted molar refractivity (Wildman–Crippen MR) is 192 cm³/mol. The minimum absolute atomic E-state index is 0.00732. The topological polar surface area (TPSA) is 177 Å². The first-order chi connectivity index (χ1) is 24.0. The average Bonchev–Trinajstić information content (AvgIpc) is 3.13. The van der Waals surface area contributed by atoms with Gasteiger partial charge in [-0.15, -0.1) is 18.3 Å². The molecule has 0 spiro atoms. The summed E-state index contributed by atoms with van der Waals surface area (Å²) in [5, 5.41) is 29.0. The maximum absolute atomic E-state index is 13.8. The van der Waals surface area contributed by atoms with E-state index in [-0.39, 0.29) is 33.8 Å². The molecule has 3 saturated heterocycles. The van der Waals surface area contributed by atoms with Gasteiger partial charge in [-0.1, -0.05) is 19.1 Å². The van der Waals surface area contributed by atoms with E-state index in [4.69, 9.17) is 22.8 Å². The Balaban J connectivity index is 1.53. The Kier molecular flexibility index (Phi) is 11.9. The van der Waals surface area contributed by atoms with Crippen LogP contribution in [0.5, 0.6) is 5.75 Å². The van der Waals surface area contributed by atoms with Crippen LogP contribution in [0.1, 0.15) is 31.7 Å². The molecule has 4 aliphatic heterocycles. The molecule has 50 heavy (non-hydrogen) atoms. The molecule has 0 aliphatic carbocycles. The van der Waals surface area contributed by atoms with Gasteiger partial charge >= 0.3 is 14.9 Å². The SMILES string of the molecule is C=C[C@H]1CN2C(SC(CC)[Si](OC)(OC)OC)CC1C[C@H]2[C@H](OC(=O)Nc1cc([N+](=O)[O-])cc([N+](=O)[O-])c1)C1=CCNc2ccc(OC)cc21. The van der Waals surface area contributed by atoms with Gasteiger partial charge in [-0.05, 0) is 49.3 Å². The van der Waals surface area contributed by atoms with Crippen LogP contribution in [-0.2, 0) is 18.0 Å². The zero-order valence-corrected chi connectivity index (χ0v) is 30.5. The van der Waals surface area contributed by atoms with E-state index in [2.05, 4.69) is 29.0 Å². The molecule has 2 bridgehead atoms. The monoisotopic (exact) mass is 729 g/mol. The number of piperidine rings is 3. The van der Waals surface area contributed by atoms with Crippen molar-refractivity contribution < 1.29 is 37.4 Å². The molecule has 2 aromatic rings. The summed E-state index contributed by atoms with van der Waals surface area (Å²) in [6, 6.07) is 8.33. The van der Waals surface area contributed by atoms with Gasteiger partial charge < -0.3 is 28.1 Å². The fourth-order valence-corrected chi connectivity index (χ4v) is 12.4. The Morgan fingerprint density at radius 2 is 1.78 bits per heavy atom. The number of hydrogen-bond acceptors (Lipinski definition) is 13. The van der Waals surface area contributed by atoms with E-state index < -0.39 is 42.2 Å². The maximum atomic E-state index is 13.8. The van der Waals surface area contributed by atoms with Crippen molar-refractivity contribution in [2.75, 3.05) is 52.2 Å². The van der Waals surface area contributed by atoms with Gasteiger partial charge in [0.15, 0.2) is 0 Å². The molecule has 4 heterocycles. The molecule has 4 unspecified atom stereocenters. The van der Waals surface area contributed by atoms with E-state index >= 15 is 0 Å². The number of non-ortho nitro benzene ring substituents is 2. The Labute approximate surface area is 296 Å². The summed E-state index contributed by atoms with van der Waals surface area (Å²) in [7, 11) is 3.39. The highest BCUT2D eigenvalue weighted by molar-refractivity contribution is 8.02. The third-order valence-electron chi connectivity index (χ3n) is 9.73. The lowest BCUT2D eigenvalue weighted by Gasteiger charge is -2.56. The fourth-order valence-electron chi connectivity index (χ4n) is 7.29. The number of thioether (sulfide) groups is 1. The molecule has 2 N–H and O–H groups in total. The normalized spacial score (nSPS) is 23.8. The Bertz CT molecular complexity index is 1600. The number of hydrogen-bond donors (Lipinski definition) is 2. The van der Waals surface area contributed by atoms with Gasteiger partial charge in [-0.3, -0.25) is 30.4 Å². The molecule has 2 aromatic carbocycles. The number of nitro benzene ring substituents is 2. The third kappa shape index (κ3) is 7.52. The van der Waals surface area contributed by atoms with Crippen LogP contribution in [0.2, 0.25) is 0 Å². The zero-order valence-electron chi connectivity index (χ0n) is 28.7. The second-order valence-corrected chi connectivity index (χ2v) is 17.2. The molecule has 0 saturated carbocycles. The number of anilines is 2. The van der Waals surface area contributed by atoms with Crippen LogP contribution in [0, 0.1) is 32.1 Å². The van der Waals surface area contributed by atoms with E-state index in [1.807, 2.05) is 30.4 Å². The van der Waals surface area contributed by atoms with Crippen molar-refractivity contribution in [1.29, 1.82) is 0 Å². The summed E-state index contributed by atoms with van der Waals surface area (Å²) in [6.45, 7) is 7.36. The number of fused-ring (bicyclic) bond motifs is 4. The highest BCUT2D eigenvalue weighted by Crippen LogP contribution is 2.49. The quantitative estimate of drug-likeness (QED) is 0.0933. The first kappa shape index (κ1) is 37.3. The van der Waals surface area contributed by atoms with Crippen LogP contribution in [0.4, 0.5) is 27.5 Å². The van der Waals surface area contributed by atoms with Gasteiger partial charge in [0.05, 0.1) is 45.0 Å². The minimum Gasteiger partial charge on any atom is -0.497 e. The number of carbonyl (C=O) groups is 1. The van der Waals surface area contributed by atoms with Crippen LogP contribution >= 0.6 is 11.8 Å². The van der Waals surface area contributed by atoms with Crippen LogP contribution in [-0.4, -0.2) is 93.6 Å². The minimum atomic E-state index is -3.03. The molecule has 0 radical (unpaired) electrons. The first-order valence-electron chi connectivity index (χ1n) is 16.2. The number of carbonyl (C=O) groups excluding carboxylic acids is 1. The van der Waals surface area contributed by atoms with Crippen LogP contribution < -0.4 is 15.4 Å². The summed E-state index contributed by atoms with van der Waals surface area (Å²) in [4.78, 5) is 37.6. The Hall–Kier alpha value is -4.00. The second-order valence-electron chi connectivity index (χ2n) is 12.3. The number of amides is 1. The molecular formula is C33H43N5O10SSi. The summed E-state index contributed by atoms with van der Waals surface area (Å²) in [6.07, 6.45) is 4.60. The fraction of sp³-hybridized carbons (Fsp3) is 0.485. The van der Waals surface area contributed by atoms with E-state index in [9.17, 15) is 25.0 Å². The van der Waals surface area contributed by atoms with Crippen LogP contribution in [0.3, 0.4) is 0 Å². The van der Waals surface area contributed by atoms with E-state index in [1.54, 1.807) is 40.2 Å². The van der Waals surface area contributed by atoms with Crippen molar-refractivity contribution in [3.63, 3.8) is 0 Å². The summed E-state index contributed by atoms with van der Waals surface area (Å²) >= 11 is 1.75. The van der Waals surface area contributed by atoms with Gasteiger partial charge in [0.2, 0.25) is 0 Å². The molecule has 4 aliphatic rings. The van der Waals surface area contributed by atoms with Gasteiger partial charge in [-0.2, -0.15) is 0 Å². The van der Waals surface area contributed by atoms with Gasteiger partial charge in [-0.25, -0.2) is 4.79 Å². The zero-order chi connectivity index (χ0) is 36.2. The molecule has 7 atom stereocenters. The van der Waals surface area contributed by atoms with E-state index in [1.165, 1.54) is 0 Å². The number of nitro groups is 2. The summed E-state index contributed by atoms with van der Waals surface area (Å²) in [5.41, 5.74) is 1.23. The molecule has 0 aromatic heterocycles. The first-order valence-corrected chi connectivity index (χ1v) is 19.0. The molecule has 15 nitrogen and oxygen atoms in total. The highest BCUT2D eigenvalue weighted by Gasteiger charge is 2.53. The van der Waals surface area contributed by atoms with Crippen molar-refractivity contribution in [3.05, 3.63) is 80.9 Å². The molecular weight excluding hydrogens is 687 g/mol. The summed E-state index contributed by atoms with van der Waals surface area (Å²) in [5.74, 6) is 1.09. The van der Waals surface area contributed by atoms with Crippen molar-refractivity contribution in [1.82, 2.24) is 4.90 Å². The lowest BCUT2D eigenvalue weighted by atomic mass is 9.72. The summed E-state index contributed by atoms with van der Waals surface area (Å²) < 4.78 is 29.5. The van der Waals surface area contributed by atoms with Crippen LogP contribution in [0.25, 0.3) is 5.57 Å². The highest BCUT2D eigenvalue weighted by atomic mass is 32.2. The van der Waals surface area contributed by atoms with Gasteiger partial charge in [0, 0.05) is 63.4 Å². The second kappa shape index (κ2) is 15.9. The molecule has 6 rings (SSSR count). The standard InChI is InChI=1S/C33H43N5O10SSi/c1-7-20-19-36-29(13-21(20)14-30(36)49-31(8-2)50(45-4,46-5)47-6)32(26-11-12-34-28-10-9-25(44-3)18-27(26)28)48-33(39)35-22-15-23(37(40)41)17-24(16-22)38(42)43/h7,9-11,15-18,20-21,29-32,34H,1,8,12-14,19H2,2-6H3,(H,35,39)/t20-,21?,29-,30?,31?,32+/m0/s1. The number of benzene rings is 2. The van der Waals surface area contributed by atoms with Crippen molar-refractivity contribution in [3.8, 4) is 5.75 Å². The number of ether oxygens (including phenoxy) is 2. The largest absolute Gasteiger partial charge is 0.513 e. The Morgan fingerprint density at radius 3 is 2.34 bits per heavy atom. The smallest absolute Gasteiger partial charge is 0.497 e. The van der Waals surface area contributed by atoms with Crippen molar-refractivity contribution >= 4 is 55.0 Å². The molecule has 3 fully saturated rings.